The van der Waals surface area contributed by atoms with Gasteiger partial charge < -0.3 is 0 Å². The Morgan fingerprint density at radius 1 is 0.500 bits per heavy atom. The van der Waals surface area contributed by atoms with Gasteiger partial charge in [-0.3, -0.25) is 0 Å². The second-order valence-electron chi connectivity index (χ2n) is 5.96. The Bertz CT molecular complexity index is 977. The van der Waals surface area contributed by atoms with Gasteiger partial charge in [0, 0.05) is 11.1 Å². The number of halogens is 6. The van der Waals surface area contributed by atoms with Crippen LogP contribution in [-0.4, -0.2) is 0 Å². The van der Waals surface area contributed by atoms with Gasteiger partial charge in [-0.15, -0.1) is 0 Å². The lowest BCUT2D eigenvalue weighted by molar-refractivity contribution is 0.567. The van der Waals surface area contributed by atoms with Crippen LogP contribution >= 0.6 is 0 Å². The zero-order chi connectivity index (χ0) is 19.2. The van der Waals surface area contributed by atoms with Gasteiger partial charge in [-0.05, 0) is 66.9 Å². The van der Waals surface area contributed by atoms with Crippen LogP contribution in [0.15, 0.2) is 36.4 Å². The first-order valence-corrected chi connectivity index (χ1v) is 7.60. The summed E-state index contributed by atoms with van der Waals surface area (Å²) in [5, 5.41) is 0. The molecule has 3 rings (SSSR count). The van der Waals surface area contributed by atoms with Crippen molar-refractivity contribution < 1.29 is 26.3 Å². The molecule has 0 bridgehead atoms. The van der Waals surface area contributed by atoms with Crippen molar-refractivity contribution in [1.29, 1.82) is 0 Å². The quantitative estimate of drug-likeness (QED) is 0.456. The fraction of sp³-hybridized carbons (Fsp3) is 0.100. The highest BCUT2D eigenvalue weighted by atomic mass is 19.2. The lowest BCUT2D eigenvalue weighted by Gasteiger charge is -2.11. The van der Waals surface area contributed by atoms with E-state index in [-0.39, 0.29) is 22.3 Å². The molecule has 6 heteroatoms. The Morgan fingerprint density at radius 3 is 1.46 bits per heavy atom. The van der Waals surface area contributed by atoms with Gasteiger partial charge in [0.25, 0.3) is 0 Å². The van der Waals surface area contributed by atoms with Gasteiger partial charge >= 0.3 is 0 Å². The molecule has 3 aromatic rings. The predicted molar refractivity (Wildman–Crippen MR) is 86.5 cm³/mol. The molecule has 0 heterocycles. The smallest absolute Gasteiger partial charge is 0.134 e. The minimum Gasteiger partial charge on any atom is -0.207 e. The maximum atomic E-state index is 14.5. The van der Waals surface area contributed by atoms with E-state index in [1.165, 1.54) is 13.8 Å². The van der Waals surface area contributed by atoms with E-state index < -0.39 is 46.0 Å². The topological polar surface area (TPSA) is 0 Å². The molecule has 0 radical (unpaired) electrons. The van der Waals surface area contributed by atoms with E-state index in [4.69, 9.17) is 0 Å². The summed E-state index contributed by atoms with van der Waals surface area (Å²) >= 11 is 0. The molecule has 3 aromatic carbocycles. The predicted octanol–water partition coefficient (Wildman–Crippen LogP) is 6.47. The standard InChI is InChI=1S/C20H12F6/c1-9-3-17(24)13(8-14(9)21)20-18(25)6-12(7-19(20)26)11-4-15(22)10(2)16(23)5-11/h3-8H,1-2H3. The van der Waals surface area contributed by atoms with Gasteiger partial charge in [-0.25, -0.2) is 26.3 Å². The van der Waals surface area contributed by atoms with Crippen molar-refractivity contribution in [1.82, 2.24) is 0 Å². The molecule has 134 valence electrons. The van der Waals surface area contributed by atoms with Crippen molar-refractivity contribution in [3.8, 4) is 22.3 Å². The average molecular weight is 366 g/mol. The Kier molecular flexibility index (Phi) is 4.52. The molecule has 0 saturated carbocycles. The highest BCUT2D eigenvalue weighted by molar-refractivity contribution is 5.72. The van der Waals surface area contributed by atoms with E-state index in [0.717, 1.165) is 30.3 Å². The third-order valence-corrected chi connectivity index (χ3v) is 4.17. The normalized spacial score (nSPS) is 11.1. The number of rotatable bonds is 2. The molecule has 0 amide bonds. The van der Waals surface area contributed by atoms with Crippen molar-refractivity contribution in [3.63, 3.8) is 0 Å². The molecule has 0 aliphatic heterocycles. The third-order valence-electron chi connectivity index (χ3n) is 4.17. The van der Waals surface area contributed by atoms with Crippen LogP contribution < -0.4 is 0 Å². The molecule has 0 fully saturated rings. The largest absolute Gasteiger partial charge is 0.207 e. The first kappa shape index (κ1) is 18.0. The van der Waals surface area contributed by atoms with E-state index in [0.29, 0.717) is 6.07 Å². The summed E-state index contributed by atoms with van der Waals surface area (Å²) in [5.41, 5.74) is -1.76. The van der Waals surface area contributed by atoms with Gasteiger partial charge in [-0.2, -0.15) is 0 Å². The Morgan fingerprint density at radius 2 is 0.962 bits per heavy atom. The molecule has 0 spiro atoms. The Labute approximate surface area is 145 Å². The number of aryl methyl sites for hydroxylation is 1. The molecule has 0 N–H and O–H groups in total. The van der Waals surface area contributed by atoms with E-state index in [2.05, 4.69) is 0 Å². The van der Waals surface area contributed by atoms with Crippen LogP contribution in [0, 0.1) is 48.8 Å². The van der Waals surface area contributed by atoms with Gasteiger partial charge in [0.2, 0.25) is 0 Å². The van der Waals surface area contributed by atoms with E-state index >= 15 is 0 Å². The molecule has 0 aliphatic rings. The van der Waals surface area contributed by atoms with Gasteiger partial charge in [-0.1, -0.05) is 0 Å². The summed E-state index contributed by atoms with van der Waals surface area (Å²) in [6.07, 6.45) is 0. The lowest BCUT2D eigenvalue weighted by atomic mass is 9.97. The molecule has 0 unspecified atom stereocenters. The molecule has 0 aliphatic carbocycles. The molecule has 0 atom stereocenters. The van der Waals surface area contributed by atoms with Crippen LogP contribution in [0.1, 0.15) is 11.1 Å². The van der Waals surface area contributed by atoms with Crippen molar-refractivity contribution in [3.05, 3.63) is 82.4 Å². The summed E-state index contributed by atoms with van der Waals surface area (Å²) in [7, 11) is 0. The molecule has 0 aromatic heterocycles. The van der Waals surface area contributed by atoms with Crippen LogP contribution in [0.3, 0.4) is 0 Å². The van der Waals surface area contributed by atoms with Crippen molar-refractivity contribution >= 4 is 0 Å². The molecule has 0 nitrogen and oxygen atoms in total. The Hall–Kier alpha value is -2.76. The van der Waals surface area contributed by atoms with Crippen molar-refractivity contribution in [2.24, 2.45) is 0 Å². The van der Waals surface area contributed by atoms with E-state index in [9.17, 15) is 26.3 Å². The minimum atomic E-state index is -1.18. The van der Waals surface area contributed by atoms with Crippen LogP contribution in [0.25, 0.3) is 22.3 Å². The monoisotopic (exact) mass is 366 g/mol. The molecular formula is C20H12F6. The third kappa shape index (κ3) is 3.07. The van der Waals surface area contributed by atoms with Gasteiger partial charge in [0.05, 0.1) is 5.56 Å². The van der Waals surface area contributed by atoms with Crippen LogP contribution in [-0.2, 0) is 0 Å². The molecular weight excluding hydrogens is 354 g/mol. The minimum absolute atomic E-state index is 0.00528. The first-order valence-electron chi connectivity index (χ1n) is 7.60. The summed E-state index contributed by atoms with van der Waals surface area (Å²) in [5.74, 6) is -5.88. The first-order chi connectivity index (χ1) is 12.2. The molecule has 0 saturated heterocycles. The fourth-order valence-corrected chi connectivity index (χ4v) is 2.65. The SMILES string of the molecule is Cc1cc(F)c(-c2c(F)cc(-c3cc(F)c(C)c(F)c3)cc2F)cc1F. The van der Waals surface area contributed by atoms with Crippen LogP contribution in [0.4, 0.5) is 26.3 Å². The van der Waals surface area contributed by atoms with E-state index in [1.807, 2.05) is 0 Å². The number of hydrogen-bond acceptors (Lipinski definition) is 0. The fourth-order valence-electron chi connectivity index (χ4n) is 2.65. The summed E-state index contributed by atoms with van der Waals surface area (Å²) in [4.78, 5) is 0. The maximum absolute atomic E-state index is 14.5. The molecule has 26 heavy (non-hydrogen) atoms. The van der Waals surface area contributed by atoms with Crippen molar-refractivity contribution in [2.45, 2.75) is 13.8 Å². The summed E-state index contributed by atoms with van der Waals surface area (Å²) in [6.45, 7) is 2.55. The highest BCUT2D eigenvalue weighted by Gasteiger charge is 2.20. The van der Waals surface area contributed by atoms with E-state index in [1.54, 1.807) is 0 Å². The second-order valence-corrected chi connectivity index (χ2v) is 5.96. The lowest BCUT2D eigenvalue weighted by Crippen LogP contribution is -1.98. The number of hydrogen-bond donors (Lipinski definition) is 0. The Balaban J connectivity index is 2.18. The summed E-state index contributed by atoms with van der Waals surface area (Å²) in [6, 6.07) is 5.06. The van der Waals surface area contributed by atoms with Gasteiger partial charge in [0.1, 0.15) is 34.9 Å². The average Bonchev–Trinajstić information content (AvgIpc) is 2.56. The zero-order valence-corrected chi connectivity index (χ0v) is 13.7. The number of benzene rings is 3. The summed E-state index contributed by atoms with van der Waals surface area (Å²) < 4.78 is 84.0. The zero-order valence-electron chi connectivity index (χ0n) is 13.7. The van der Waals surface area contributed by atoms with Crippen molar-refractivity contribution in [2.75, 3.05) is 0 Å². The second kappa shape index (κ2) is 6.52. The highest BCUT2D eigenvalue weighted by Crippen LogP contribution is 2.34. The maximum Gasteiger partial charge on any atom is 0.134 e. The van der Waals surface area contributed by atoms with Crippen LogP contribution in [0.5, 0.6) is 0 Å². The van der Waals surface area contributed by atoms with Crippen LogP contribution in [0.2, 0.25) is 0 Å². The van der Waals surface area contributed by atoms with Gasteiger partial charge in [0.15, 0.2) is 0 Å².